The quantitative estimate of drug-likeness (QED) is 0.828. The summed E-state index contributed by atoms with van der Waals surface area (Å²) in [5.74, 6) is -0.0516. The standard InChI is InChI=1S/C20H25N3O2S/c1-3-17-14(2)11-18(26-17)19(24)21-13-15-7-6-8-16(12-15)22-20(25)23-9-4-5-10-23/h6-8,11-12H,3-5,9-10,13H2,1-2H3,(H,21,24)(H,22,25). The van der Waals surface area contributed by atoms with E-state index in [0.29, 0.717) is 6.54 Å². The van der Waals surface area contributed by atoms with Crippen LogP contribution in [0.3, 0.4) is 0 Å². The first kappa shape index (κ1) is 18.5. The van der Waals surface area contributed by atoms with Gasteiger partial charge in [-0.2, -0.15) is 0 Å². The van der Waals surface area contributed by atoms with E-state index in [1.54, 1.807) is 11.3 Å². The molecule has 2 aromatic rings. The number of rotatable bonds is 5. The second-order valence-corrected chi connectivity index (χ2v) is 7.71. The number of nitrogens with zero attached hydrogens (tertiary/aromatic N) is 1. The van der Waals surface area contributed by atoms with Gasteiger partial charge in [-0.05, 0) is 55.5 Å². The minimum absolute atomic E-state index is 0.0511. The third-order valence-corrected chi connectivity index (χ3v) is 5.97. The van der Waals surface area contributed by atoms with E-state index < -0.39 is 0 Å². The van der Waals surface area contributed by atoms with Crippen LogP contribution in [0.15, 0.2) is 30.3 Å². The molecule has 1 aliphatic heterocycles. The first-order valence-electron chi connectivity index (χ1n) is 9.09. The number of carbonyl (C=O) groups is 2. The molecule has 3 amide bonds. The molecule has 1 saturated heterocycles. The van der Waals surface area contributed by atoms with Crippen molar-refractivity contribution in [2.75, 3.05) is 18.4 Å². The van der Waals surface area contributed by atoms with Crippen molar-refractivity contribution >= 4 is 29.0 Å². The molecule has 138 valence electrons. The molecule has 0 atom stereocenters. The number of urea groups is 1. The predicted molar refractivity (Wildman–Crippen MR) is 106 cm³/mol. The average molecular weight is 372 g/mol. The number of hydrogen-bond acceptors (Lipinski definition) is 3. The van der Waals surface area contributed by atoms with Crippen LogP contribution in [0, 0.1) is 6.92 Å². The lowest BCUT2D eigenvalue weighted by Crippen LogP contribution is -2.32. The van der Waals surface area contributed by atoms with Crippen molar-refractivity contribution < 1.29 is 9.59 Å². The van der Waals surface area contributed by atoms with Crippen molar-refractivity contribution in [3.8, 4) is 0 Å². The lowest BCUT2D eigenvalue weighted by molar-refractivity contribution is 0.0955. The van der Waals surface area contributed by atoms with Crippen LogP contribution in [0.4, 0.5) is 10.5 Å². The molecule has 1 aromatic heterocycles. The van der Waals surface area contributed by atoms with E-state index in [0.717, 1.165) is 48.5 Å². The van der Waals surface area contributed by atoms with Gasteiger partial charge < -0.3 is 15.5 Å². The van der Waals surface area contributed by atoms with Crippen LogP contribution in [-0.4, -0.2) is 29.9 Å². The maximum atomic E-state index is 12.4. The van der Waals surface area contributed by atoms with E-state index in [9.17, 15) is 9.59 Å². The molecular formula is C20H25N3O2S. The molecule has 26 heavy (non-hydrogen) atoms. The predicted octanol–water partition coefficient (Wildman–Crippen LogP) is 4.18. The van der Waals surface area contributed by atoms with Gasteiger partial charge in [0, 0.05) is 30.2 Å². The van der Waals surface area contributed by atoms with Gasteiger partial charge in [0.15, 0.2) is 0 Å². The molecule has 0 unspecified atom stereocenters. The molecule has 0 aliphatic carbocycles. The summed E-state index contributed by atoms with van der Waals surface area (Å²) in [6.07, 6.45) is 3.09. The minimum atomic E-state index is -0.0516. The fourth-order valence-electron chi connectivity index (χ4n) is 3.13. The Morgan fingerprint density at radius 3 is 2.65 bits per heavy atom. The lowest BCUT2D eigenvalue weighted by Gasteiger charge is -2.16. The van der Waals surface area contributed by atoms with Crippen LogP contribution in [0.5, 0.6) is 0 Å². The molecule has 0 bridgehead atoms. The number of benzene rings is 1. The zero-order valence-corrected chi connectivity index (χ0v) is 16.1. The van der Waals surface area contributed by atoms with Crippen LogP contribution < -0.4 is 10.6 Å². The van der Waals surface area contributed by atoms with Gasteiger partial charge in [0.05, 0.1) is 4.88 Å². The van der Waals surface area contributed by atoms with Gasteiger partial charge in [0.1, 0.15) is 0 Å². The summed E-state index contributed by atoms with van der Waals surface area (Å²) in [4.78, 5) is 28.4. The first-order valence-corrected chi connectivity index (χ1v) is 9.91. The van der Waals surface area contributed by atoms with Gasteiger partial charge in [-0.15, -0.1) is 11.3 Å². The monoisotopic (exact) mass is 371 g/mol. The van der Waals surface area contributed by atoms with Crippen molar-refractivity contribution in [2.24, 2.45) is 0 Å². The number of thiophene rings is 1. The normalized spacial score (nSPS) is 13.7. The van der Waals surface area contributed by atoms with Gasteiger partial charge in [-0.25, -0.2) is 4.79 Å². The molecule has 2 N–H and O–H groups in total. The highest BCUT2D eigenvalue weighted by Crippen LogP contribution is 2.22. The third kappa shape index (κ3) is 4.43. The van der Waals surface area contributed by atoms with Crippen molar-refractivity contribution in [3.05, 3.63) is 51.2 Å². The average Bonchev–Trinajstić information content (AvgIpc) is 3.29. The summed E-state index contributed by atoms with van der Waals surface area (Å²) in [5, 5.41) is 5.90. The first-order chi connectivity index (χ1) is 12.6. The largest absolute Gasteiger partial charge is 0.347 e. The molecule has 5 nitrogen and oxygen atoms in total. The molecule has 1 aromatic carbocycles. The third-order valence-electron chi connectivity index (χ3n) is 4.59. The number of amides is 3. The minimum Gasteiger partial charge on any atom is -0.347 e. The number of hydrogen-bond donors (Lipinski definition) is 2. The fourth-order valence-corrected chi connectivity index (χ4v) is 4.16. The number of likely N-dealkylation sites (tertiary alicyclic amines) is 1. The Morgan fingerprint density at radius 1 is 1.19 bits per heavy atom. The Bertz CT molecular complexity index is 794. The van der Waals surface area contributed by atoms with Crippen molar-refractivity contribution in [2.45, 2.75) is 39.7 Å². The molecule has 3 rings (SSSR count). The highest BCUT2D eigenvalue weighted by atomic mass is 32.1. The molecule has 2 heterocycles. The second-order valence-electron chi connectivity index (χ2n) is 6.58. The molecule has 0 spiro atoms. The molecule has 1 fully saturated rings. The Morgan fingerprint density at radius 2 is 1.96 bits per heavy atom. The van der Waals surface area contributed by atoms with E-state index >= 15 is 0 Å². The molecule has 0 radical (unpaired) electrons. The van der Waals surface area contributed by atoms with Gasteiger partial charge in [-0.1, -0.05) is 19.1 Å². The maximum Gasteiger partial charge on any atom is 0.321 e. The summed E-state index contributed by atoms with van der Waals surface area (Å²) in [7, 11) is 0. The Balaban J connectivity index is 1.57. The number of nitrogens with one attached hydrogen (secondary N) is 2. The summed E-state index contributed by atoms with van der Waals surface area (Å²) in [5.41, 5.74) is 2.89. The van der Waals surface area contributed by atoms with E-state index in [4.69, 9.17) is 0 Å². The van der Waals surface area contributed by atoms with E-state index in [1.807, 2.05) is 42.2 Å². The van der Waals surface area contributed by atoms with E-state index in [1.165, 1.54) is 10.4 Å². The maximum absolute atomic E-state index is 12.4. The summed E-state index contributed by atoms with van der Waals surface area (Å²) in [6.45, 7) is 6.22. The molecule has 6 heteroatoms. The zero-order chi connectivity index (χ0) is 18.5. The molecule has 1 aliphatic rings. The summed E-state index contributed by atoms with van der Waals surface area (Å²) in [6, 6.07) is 9.52. The zero-order valence-electron chi connectivity index (χ0n) is 15.3. The van der Waals surface area contributed by atoms with Crippen molar-refractivity contribution in [1.29, 1.82) is 0 Å². The van der Waals surface area contributed by atoms with Crippen molar-refractivity contribution in [3.63, 3.8) is 0 Å². The fraction of sp³-hybridized carbons (Fsp3) is 0.400. The van der Waals surface area contributed by atoms with Crippen LogP contribution in [0.2, 0.25) is 0 Å². The van der Waals surface area contributed by atoms with E-state index in [2.05, 4.69) is 17.6 Å². The Hall–Kier alpha value is -2.34. The number of carbonyl (C=O) groups excluding carboxylic acids is 2. The highest BCUT2D eigenvalue weighted by molar-refractivity contribution is 7.14. The smallest absolute Gasteiger partial charge is 0.321 e. The van der Waals surface area contributed by atoms with Crippen molar-refractivity contribution in [1.82, 2.24) is 10.2 Å². The van der Waals surface area contributed by atoms with Crippen LogP contribution in [-0.2, 0) is 13.0 Å². The molecule has 0 saturated carbocycles. The van der Waals surface area contributed by atoms with E-state index in [-0.39, 0.29) is 11.9 Å². The van der Waals surface area contributed by atoms with Gasteiger partial charge in [0.25, 0.3) is 5.91 Å². The Labute approximate surface area is 158 Å². The summed E-state index contributed by atoms with van der Waals surface area (Å²) >= 11 is 1.55. The van der Waals surface area contributed by atoms with Crippen LogP contribution in [0.25, 0.3) is 0 Å². The summed E-state index contributed by atoms with van der Waals surface area (Å²) < 4.78 is 0. The Kier molecular flexibility index (Phi) is 5.93. The van der Waals surface area contributed by atoms with Crippen LogP contribution in [0.1, 0.15) is 45.4 Å². The topological polar surface area (TPSA) is 61.4 Å². The second kappa shape index (κ2) is 8.36. The number of aryl methyl sites for hydroxylation is 2. The SMILES string of the molecule is CCc1sc(C(=O)NCc2cccc(NC(=O)N3CCCC3)c2)cc1C. The van der Waals surface area contributed by atoms with Gasteiger partial charge >= 0.3 is 6.03 Å². The van der Waals surface area contributed by atoms with Gasteiger partial charge in [-0.3, -0.25) is 4.79 Å². The highest BCUT2D eigenvalue weighted by Gasteiger charge is 2.17. The number of anilines is 1. The van der Waals surface area contributed by atoms with Crippen LogP contribution >= 0.6 is 11.3 Å². The van der Waals surface area contributed by atoms with Gasteiger partial charge in [0.2, 0.25) is 0 Å². The molecular weight excluding hydrogens is 346 g/mol. The lowest BCUT2D eigenvalue weighted by atomic mass is 10.2.